The summed E-state index contributed by atoms with van der Waals surface area (Å²) in [5.41, 5.74) is 2.19. The van der Waals surface area contributed by atoms with Gasteiger partial charge in [0.15, 0.2) is 0 Å². The molecule has 1 amide bonds. The molecule has 3 aromatic carbocycles. The van der Waals surface area contributed by atoms with Gasteiger partial charge in [0.2, 0.25) is 11.7 Å². The van der Waals surface area contributed by atoms with Gasteiger partial charge < -0.3 is 9.84 Å². The summed E-state index contributed by atoms with van der Waals surface area (Å²) in [6.07, 6.45) is 0. The van der Waals surface area contributed by atoms with Crippen LogP contribution in [0.15, 0.2) is 77.3 Å². The number of aromatic nitrogens is 2. The smallest absolute Gasteiger partial charge is 0.252 e. The van der Waals surface area contributed by atoms with E-state index in [0.29, 0.717) is 11.1 Å². The molecule has 1 atom stereocenters. The van der Waals surface area contributed by atoms with E-state index in [-0.39, 0.29) is 23.1 Å². The van der Waals surface area contributed by atoms with Crippen LogP contribution in [0.2, 0.25) is 0 Å². The van der Waals surface area contributed by atoms with Crippen molar-refractivity contribution in [1.29, 1.82) is 0 Å². The summed E-state index contributed by atoms with van der Waals surface area (Å²) in [5.74, 6) is -0.888. The Morgan fingerprint density at radius 3 is 2.37 bits per heavy atom. The van der Waals surface area contributed by atoms with Crippen molar-refractivity contribution in [2.45, 2.75) is 13.0 Å². The van der Waals surface area contributed by atoms with Crippen LogP contribution in [0.25, 0.3) is 22.5 Å². The molecule has 4 aromatic rings. The molecular formula is C23H17F2N3O2. The molecule has 0 aliphatic heterocycles. The lowest BCUT2D eigenvalue weighted by Gasteiger charge is -2.13. The van der Waals surface area contributed by atoms with Crippen molar-refractivity contribution in [3.63, 3.8) is 0 Å². The average molecular weight is 405 g/mol. The highest BCUT2D eigenvalue weighted by atomic mass is 19.1. The molecule has 150 valence electrons. The molecule has 1 unspecified atom stereocenters. The Balaban J connectivity index is 1.56. The number of rotatable bonds is 5. The molecule has 5 nitrogen and oxygen atoms in total. The second-order valence-electron chi connectivity index (χ2n) is 6.71. The topological polar surface area (TPSA) is 68.0 Å². The van der Waals surface area contributed by atoms with E-state index in [2.05, 4.69) is 15.5 Å². The van der Waals surface area contributed by atoms with Crippen LogP contribution < -0.4 is 5.32 Å². The van der Waals surface area contributed by atoms with Crippen molar-refractivity contribution in [2.24, 2.45) is 0 Å². The fraction of sp³-hybridized carbons (Fsp3) is 0.0870. The molecule has 30 heavy (non-hydrogen) atoms. The van der Waals surface area contributed by atoms with Crippen molar-refractivity contribution < 1.29 is 18.1 Å². The quantitative estimate of drug-likeness (QED) is 0.497. The van der Waals surface area contributed by atoms with E-state index in [1.54, 1.807) is 13.0 Å². The highest BCUT2D eigenvalue weighted by molar-refractivity contribution is 6.01. The molecule has 0 saturated heterocycles. The third-order valence-electron chi connectivity index (χ3n) is 4.57. The third kappa shape index (κ3) is 4.10. The van der Waals surface area contributed by atoms with Gasteiger partial charge in [-0.3, -0.25) is 4.79 Å². The molecule has 0 aliphatic rings. The second kappa shape index (κ2) is 8.24. The van der Waals surface area contributed by atoms with Gasteiger partial charge in [-0.05, 0) is 54.4 Å². The number of nitrogens with one attached hydrogen (secondary N) is 1. The lowest BCUT2D eigenvalue weighted by Crippen LogP contribution is -2.27. The number of hydrogen-bond donors (Lipinski definition) is 1. The van der Waals surface area contributed by atoms with Crippen molar-refractivity contribution in [3.05, 3.63) is 95.9 Å². The van der Waals surface area contributed by atoms with Gasteiger partial charge in [-0.2, -0.15) is 4.98 Å². The minimum absolute atomic E-state index is 0.181. The van der Waals surface area contributed by atoms with E-state index < -0.39 is 17.8 Å². The van der Waals surface area contributed by atoms with Crippen LogP contribution in [-0.4, -0.2) is 16.0 Å². The zero-order valence-electron chi connectivity index (χ0n) is 16.0. The number of carbonyl (C=O) groups is 1. The van der Waals surface area contributed by atoms with Crippen molar-refractivity contribution in [3.8, 4) is 22.5 Å². The van der Waals surface area contributed by atoms with Gasteiger partial charge in [-0.25, -0.2) is 8.78 Å². The van der Waals surface area contributed by atoms with Crippen LogP contribution in [0.1, 0.15) is 29.2 Å². The zero-order valence-corrected chi connectivity index (χ0v) is 16.0. The zero-order chi connectivity index (χ0) is 21.1. The van der Waals surface area contributed by atoms with Gasteiger partial charge in [0, 0.05) is 5.56 Å². The van der Waals surface area contributed by atoms with Gasteiger partial charge in [0.1, 0.15) is 17.7 Å². The number of amides is 1. The third-order valence-corrected chi connectivity index (χ3v) is 4.57. The first-order chi connectivity index (χ1) is 14.5. The van der Waals surface area contributed by atoms with E-state index in [1.165, 1.54) is 36.4 Å². The van der Waals surface area contributed by atoms with Gasteiger partial charge in [-0.15, -0.1) is 0 Å². The predicted molar refractivity (Wildman–Crippen MR) is 107 cm³/mol. The largest absolute Gasteiger partial charge is 0.340 e. The van der Waals surface area contributed by atoms with Crippen molar-refractivity contribution >= 4 is 5.91 Å². The summed E-state index contributed by atoms with van der Waals surface area (Å²) in [6.45, 7) is 1.68. The average Bonchev–Trinajstić information content (AvgIpc) is 3.25. The SMILES string of the molecule is CC(NC(=O)c1cc(F)ccc1-c1ccccc1)c1nc(-c2ccc(F)cc2)no1. The first kappa shape index (κ1) is 19.4. The van der Waals surface area contributed by atoms with E-state index in [9.17, 15) is 13.6 Å². The van der Waals surface area contributed by atoms with Gasteiger partial charge in [0.05, 0.1) is 5.56 Å². The Bertz CT molecular complexity index is 1170. The number of benzene rings is 3. The Labute approximate surface area is 171 Å². The maximum atomic E-state index is 13.9. The maximum Gasteiger partial charge on any atom is 0.252 e. The van der Waals surface area contributed by atoms with Crippen molar-refractivity contribution in [2.75, 3.05) is 0 Å². The van der Waals surface area contributed by atoms with Gasteiger partial charge >= 0.3 is 0 Å². The molecule has 4 rings (SSSR count). The van der Waals surface area contributed by atoms with Crippen LogP contribution in [0.3, 0.4) is 0 Å². The first-order valence-corrected chi connectivity index (χ1v) is 9.26. The molecule has 1 aromatic heterocycles. The van der Waals surface area contributed by atoms with E-state index in [4.69, 9.17) is 4.52 Å². The molecule has 0 radical (unpaired) electrons. The summed E-state index contributed by atoms with van der Waals surface area (Å²) in [4.78, 5) is 17.1. The minimum atomic E-state index is -0.619. The number of nitrogens with zero attached hydrogens (tertiary/aromatic N) is 2. The van der Waals surface area contributed by atoms with Crippen LogP contribution in [0.5, 0.6) is 0 Å². The molecule has 7 heteroatoms. The summed E-state index contributed by atoms with van der Waals surface area (Å²) < 4.78 is 32.2. The monoisotopic (exact) mass is 405 g/mol. The summed E-state index contributed by atoms with van der Waals surface area (Å²) in [5, 5.41) is 6.64. The van der Waals surface area contributed by atoms with Crippen LogP contribution in [-0.2, 0) is 0 Å². The van der Waals surface area contributed by atoms with Gasteiger partial charge in [-0.1, -0.05) is 41.6 Å². The lowest BCUT2D eigenvalue weighted by atomic mass is 9.99. The highest BCUT2D eigenvalue weighted by Gasteiger charge is 2.21. The normalized spacial score (nSPS) is 11.8. The fourth-order valence-corrected chi connectivity index (χ4v) is 3.04. The molecule has 0 spiro atoms. The summed E-state index contributed by atoms with van der Waals surface area (Å²) in [7, 11) is 0. The number of hydrogen-bond acceptors (Lipinski definition) is 4. The molecular weight excluding hydrogens is 388 g/mol. The first-order valence-electron chi connectivity index (χ1n) is 9.26. The lowest BCUT2D eigenvalue weighted by molar-refractivity contribution is 0.0932. The summed E-state index contributed by atoms with van der Waals surface area (Å²) >= 11 is 0. The molecule has 1 heterocycles. The van der Waals surface area contributed by atoms with Crippen LogP contribution in [0, 0.1) is 11.6 Å². The molecule has 0 saturated carbocycles. The standard InChI is InChI=1S/C23H17F2N3O2/c1-14(23-27-21(28-30-23)16-7-9-17(24)10-8-16)26-22(29)20-13-18(25)11-12-19(20)15-5-3-2-4-6-15/h2-14H,1H3,(H,26,29). The van der Waals surface area contributed by atoms with Crippen LogP contribution in [0.4, 0.5) is 8.78 Å². The summed E-state index contributed by atoms with van der Waals surface area (Å²) in [6, 6.07) is 18.4. The maximum absolute atomic E-state index is 13.9. The Hall–Kier alpha value is -3.87. The molecule has 0 fully saturated rings. The second-order valence-corrected chi connectivity index (χ2v) is 6.71. The minimum Gasteiger partial charge on any atom is -0.340 e. The van der Waals surface area contributed by atoms with Gasteiger partial charge in [0.25, 0.3) is 5.91 Å². The predicted octanol–water partition coefficient (Wildman–Crippen LogP) is 5.17. The van der Waals surface area contributed by atoms with E-state index >= 15 is 0 Å². The number of halogens is 2. The molecule has 0 aliphatic carbocycles. The Morgan fingerprint density at radius 2 is 1.63 bits per heavy atom. The Morgan fingerprint density at radius 1 is 0.933 bits per heavy atom. The van der Waals surface area contributed by atoms with Crippen molar-refractivity contribution in [1.82, 2.24) is 15.5 Å². The fourth-order valence-electron chi connectivity index (χ4n) is 3.04. The van der Waals surface area contributed by atoms with E-state index in [0.717, 1.165) is 5.56 Å². The molecule has 1 N–H and O–H groups in total. The van der Waals surface area contributed by atoms with Crippen LogP contribution >= 0.6 is 0 Å². The molecule has 0 bridgehead atoms. The highest BCUT2D eigenvalue weighted by Crippen LogP contribution is 2.25. The number of carbonyl (C=O) groups excluding carboxylic acids is 1. The van der Waals surface area contributed by atoms with E-state index in [1.807, 2.05) is 30.3 Å². The Kier molecular flexibility index (Phi) is 5.34.